The maximum Gasteiger partial charge on any atom is 0.271 e. The Labute approximate surface area is 152 Å². The van der Waals surface area contributed by atoms with E-state index in [1.54, 1.807) is 23.0 Å². The number of nitrogens with zero attached hydrogens (tertiary/aromatic N) is 5. The van der Waals surface area contributed by atoms with E-state index in [0.29, 0.717) is 12.1 Å². The molecule has 0 aliphatic rings. The molecule has 0 aliphatic heterocycles. The lowest BCUT2D eigenvalue weighted by molar-refractivity contribution is 0.0955. The van der Waals surface area contributed by atoms with Gasteiger partial charge >= 0.3 is 0 Å². The summed E-state index contributed by atoms with van der Waals surface area (Å²) in [7, 11) is 1.84. The number of aryl methyl sites for hydroxylation is 4. The Hall–Kier alpha value is -3.22. The van der Waals surface area contributed by atoms with E-state index in [1.807, 2.05) is 56.9 Å². The first-order valence-electron chi connectivity index (χ1n) is 8.36. The van der Waals surface area contributed by atoms with Crippen molar-refractivity contribution in [2.45, 2.75) is 27.3 Å². The summed E-state index contributed by atoms with van der Waals surface area (Å²) in [6.45, 7) is 6.58. The summed E-state index contributed by atoms with van der Waals surface area (Å²) < 4.78 is 3.66. The lowest BCUT2D eigenvalue weighted by Crippen LogP contribution is -2.17. The molecule has 3 rings (SSSR count). The van der Waals surface area contributed by atoms with Gasteiger partial charge in [0.05, 0.1) is 24.1 Å². The average Bonchev–Trinajstić information content (AvgIpc) is 3.08. The SMILES string of the molecule is Cc1cc(C)n(Cc2ccc(C(=O)NN=Cc3cn(C)nc3C)cc2)n1. The summed E-state index contributed by atoms with van der Waals surface area (Å²) in [6.07, 6.45) is 3.44. The second-order valence-corrected chi connectivity index (χ2v) is 6.32. The third kappa shape index (κ3) is 4.05. The first-order chi connectivity index (χ1) is 12.4. The summed E-state index contributed by atoms with van der Waals surface area (Å²) in [5.41, 5.74) is 8.03. The molecule has 3 aromatic rings. The number of rotatable bonds is 5. The van der Waals surface area contributed by atoms with E-state index in [4.69, 9.17) is 0 Å². The first kappa shape index (κ1) is 17.6. The minimum absolute atomic E-state index is 0.250. The molecular formula is C19H22N6O. The Morgan fingerprint density at radius 3 is 2.50 bits per heavy atom. The number of hydrogen-bond acceptors (Lipinski definition) is 4. The van der Waals surface area contributed by atoms with Crippen LogP contribution in [0.5, 0.6) is 0 Å². The highest BCUT2D eigenvalue weighted by atomic mass is 16.2. The lowest BCUT2D eigenvalue weighted by atomic mass is 10.1. The summed E-state index contributed by atoms with van der Waals surface area (Å²) in [4.78, 5) is 12.2. The van der Waals surface area contributed by atoms with Crippen LogP contribution in [0.4, 0.5) is 0 Å². The molecule has 0 fully saturated rings. The molecule has 0 atom stereocenters. The summed E-state index contributed by atoms with van der Waals surface area (Å²) in [5.74, 6) is -0.250. The summed E-state index contributed by atoms with van der Waals surface area (Å²) >= 11 is 0. The number of aromatic nitrogens is 4. The van der Waals surface area contributed by atoms with Crippen LogP contribution in [0.25, 0.3) is 0 Å². The van der Waals surface area contributed by atoms with Gasteiger partial charge in [0.15, 0.2) is 0 Å². The third-order valence-electron chi connectivity index (χ3n) is 4.07. The van der Waals surface area contributed by atoms with Gasteiger partial charge in [-0.3, -0.25) is 14.2 Å². The minimum Gasteiger partial charge on any atom is -0.275 e. The molecule has 2 heterocycles. The van der Waals surface area contributed by atoms with Gasteiger partial charge in [-0.05, 0) is 44.5 Å². The quantitative estimate of drug-likeness (QED) is 0.567. The molecule has 7 heteroatoms. The predicted octanol–water partition coefficient (Wildman–Crippen LogP) is 2.35. The van der Waals surface area contributed by atoms with Crippen molar-refractivity contribution in [3.05, 3.63) is 70.3 Å². The molecule has 0 spiro atoms. The highest BCUT2D eigenvalue weighted by molar-refractivity contribution is 5.94. The second kappa shape index (κ2) is 7.35. The molecule has 7 nitrogen and oxygen atoms in total. The number of benzene rings is 1. The first-order valence-corrected chi connectivity index (χ1v) is 8.36. The third-order valence-corrected chi connectivity index (χ3v) is 4.07. The minimum atomic E-state index is -0.250. The monoisotopic (exact) mass is 350 g/mol. The summed E-state index contributed by atoms with van der Waals surface area (Å²) in [5, 5.41) is 12.7. The molecule has 134 valence electrons. The zero-order valence-corrected chi connectivity index (χ0v) is 15.4. The highest BCUT2D eigenvalue weighted by Crippen LogP contribution is 2.09. The molecule has 0 aliphatic carbocycles. The summed E-state index contributed by atoms with van der Waals surface area (Å²) in [6, 6.07) is 9.49. The topological polar surface area (TPSA) is 77.1 Å². The van der Waals surface area contributed by atoms with E-state index in [-0.39, 0.29) is 5.91 Å². The number of carbonyl (C=O) groups is 1. The zero-order valence-electron chi connectivity index (χ0n) is 15.4. The van der Waals surface area contributed by atoms with Crippen molar-refractivity contribution in [1.29, 1.82) is 0 Å². The van der Waals surface area contributed by atoms with Gasteiger partial charge in [-0.1, -0.05) is 12.1 Å². The Morgan fingerprint density at radius 2 is 1.92 bits per heavy atom. The van der Waals surface area contributed by atoms with Crippen LogP contribution in [0.3, 0.4) is 0 Å². The lowest BCUT2D eigenvalue weighted by Gasteiger charge is -2.06. The van der Waals surface area contributed by atoms with Crippen molar-refractivity contribution in [3.63, 3.8) is 0 Å². The highest BCUT2D eigenvalue weighted by Gasteiger charge is 2.06. The molecule has 0 bridgehead atoms. The van der Waals surface area contributed by atoms with Gasteiger partial charge < -0.3 is 0 Å². The van der Waals surface area contributed by atoms with Crippen LogP contribution < -0.4 is 5.43 Å². The second-order valence-electron chi connectivity index (χ2n) is 6.32. The van der Waals surface area contributed by atoms with E-state index >= 15 is 0 Å². The van der Waals surface area contributed by atoms with Crippen molar-refractivity contribution in [2.24, 2.45) is 12.1 Å². The molecule has 0 radical (unpaired) electrons. The van der Waals surface area contributed by atoms with Gasteiger partial charge in [0.1, 0.15) is 0 Å². The Balaban J connectivity index is 1.61. The average molecular weight is 350 g/mol. The van der Waals surface area contributed by atoms with Gasteiger partial charge in [0.2, 0.25) is 0 Å². The number of hydrogen-bond donors (Lipinski definition) is 1. The van der Waals surface area contributed by atoms with E-state index in [2.05, 4.69) is 20.7 Å². The van der Waals surface area contributed by atoms with Crippen molar-refractivity contribution < 1.29 is 4.79 Å². The fourth-order valence-electron chi connectivity index (χ4n) is 2.74. The maximum atomic E-state index is 12.2. The van der Waals surface area contributed by atoms with Crippen LogP contribution in [-0.2, 0) is 13.6 Å². The van der Waals surface area contributed by atoms with E-state index < -0.39 is 0 Å². The van der Waals surface area contributed by atoms with Gasteiger partial charge in [0.25, 0.3) is 5.91 Å². The number of hydrazone groups is 1. The van der Waals surface area contributed by atoms with Crippen LogP contribution in [0.15, 0.2) is 41.6 Å². The Kier molecular flexibility index (Phi) is 4.97. The molecule has 26 heavy (non-hydrogen) atoms. The van der Waals surface area contributed by atoms with Crippen LogP contribution >= 0.6 is 0 Å². The molecule has 1 aromatic carbocycles. The normalized spacial score (nSPS) is 11.2. The predicted molar refractivity (Wildman–Crippen MR) is 100 cm³/mol. The van der Waals surface area contributed by atoms with E-state index in [1.165, 1.54) is 0 Å². The molecule has 0 saturated carbocycles. The molecule has 1 amide bonds. The number of amides is 1. The maximum absolute atomic E-state index is 12.2. The Bertz CT molecular complexity index is 949. The standard InChI is InChI=1S/C19H22N6O/c1-13-9-14(2)25(22-13)11-16-5-7-17(8-6-16)19(26)21-20-10-18-12-24(4)23-15(18)3/h5-10,12H,11H2,1-4H3,(H,21,26). The molecule has 1 N–H and O–H groups in total. The van der Waals surface area contributed by atoms with Gasteiger partial charge in [-0.25, -0.2) is 5.43 Å². The van der Waals surface area contributed by atoms with Gasteiger partial charge in [0, 0.05) is 30.1 Å². The molecule has 0 unspecified atom stereocenters. The molecule has 2 aromatic heterocycles. The van der Waals surface area contributed by atoms with Crippen molar-refractivity contribution in [2.75, 3.05) is 0 Å². The Morgan fingerprint density at radius 1 is 1.19 bits per heavy atom. The van der Waals surface area contributed by atoms with Crippen LogP contribution in [0, 0.1) is 20.8 Å². The van der Waals surface area contributed by atoms with Gasteiger partial charge in [-0.2, -0.15) is 15.3 Å². The fraction of sp³-hybridized carbons (Fsp3) is 0.263. The van der Waals surface area contributed by atoms with E-state index in [0.717, 1.165) is 28.2 Å². The van der Waals surface area contributed by atoms with Crippen molar-refractivity contribution in [3.8, 4) is 0 Å². The van der Waals surface area contributed by atoms with Gasteiger partial charge in [-0.15, -0.1) is 0 Å². The van der Waals surface area contributed by atoms with Crippen LogP contribution in [0.1, 0.15) is 38.6 Å². The number of nitrogens with one attached hydrogen (secondary N) is 1. The number of carbonyl (C=O) groups excluding carboxylic acids is 1. The smallest absolute Gasteiger partial charge is 0.271 e. The van der Waals surface area contributed by atoms with E-state index in [9.17, 15) is 4.79 Å². The molecule has 0 saturated heterocycles. The fourth-order valence-corrected chi connectivity index (χ4v) is 2.74. The van der Waals surface area contributed by atoms with Crippen molar-refractivity contribution >= 4 is 12.1 Å². The zero-order chi connectivity index (χ0) is 18.7. The molecular weight excluding hydrogens is 328 g/mol. The van der Waals surface area contributed by atoms with Crippen LogP contribution in [-0.4, -0.2) is 31.7 Å². The van der Waals surface area contributed by atoms with Crippen molar-refractivity contribution in [1.82, 2.24) is 25.0 Å². The van der Waals surface area contributed by atoms with Crippen LogP contribution in [0.2, 0.25) is 0 Å². The largest absolute Gasteiger partial charge is 0.275 e.